The zero-order chi connectivity index (χ0) is 25.7. The molecular formula is C27H20Cl2N2O5. The van der Waals surface area contributed by atoms with Gasteiger partial charge in [-0.05, 0) is 54.6 Å². The van der Waals surface area contributed by atoms with Crippen LogP contribution in [0.5, 0.6) is 11.5 Å². The molecule has 0 atom stereocenters. The predicted octanol–water partition coefficient (Wildman–Crippen LogP) is 5.80. The monoisotopic (exact) mass is 522 g/mol. The molecule has 182 valence electrons. The average molecular weight is 523 g/mol. The second-order valence-corrected chi connectivity index (χ2v) is 8.46. The van der Waals surface area contributed by atoms with Gasteiger partial charge in [-0.2, -0.15) is 0 Å². The molecule has 1 fully saturated rings. The normalized spacial score (nSPS) is 14.6. The van der Waals surface area contributed by atoms with Crippen molar-refractivity contribution in [3.05, 3.63) is 106 Å². The summed E-state index contributed by atoms with van der Waals surface area (Å²) in [5, 5.41) is 3.17. The van der Waals surface area contributed by atoms with Crippen molar-refractivity contribution in [3.63, 3.8) is 0 Å². The molecule has 4 amide bonds. The summed E-state index contributed by atoms with van der Waals surface area (Å²) < 4.78 is 11.3. The van der Waals surface area contributed by atoms with Gasteiger partial charge in [0.15, 0.2) is 0 Å². The lowest BCUT2D eigenvalue weighted by molar-refractivity contribution is -0.122. The van der Waals surface area contributed by atoms with Crippen LogP contribution in [0.25, 0.3) is 6.08 Å². The van der Waals surface area contributed by atoms with Crippen LogP contribution in [-0.4, -0.2) is 24.5 Å². The third-order valence-corrected chi connectivity index (χ3v) is 5.78. The number of ether oxygens (including phenoxy) is 2. The van der Waals surface area contributed by atoms with Crippen LogP contribution in [0.2, 0.25) is 10.0 Å². The van der Waals surface area contributed by atoms with Crippen molar-refractivity contribution in [1.29, 1.82) is 0 Å². The first-order chi connectivity index (χ1) is 17.4. The molecule has 3 aromatic carbocycles. The van der Waals surface area contributed by atoms with Gasteiger partial charge in [-0.3, -0.25) is 14.9 Å². The summed E-state index contributed by atoms with van der Waals surface area (Å²) >= 11 is 12.3. The molecule has 1 aliphatic heterocycles. The molecule has 0 aromatic heterocycles. The quantitative estimate of drug-likeness (QED) is 0.229. The van der Waals surface area contributed by atoms with Crippen LogP contribution in [0.1, 0.15) is 11.1 Å². The highest BCUT2D eigenvalue weighted by atomic mass is 35.5. The molecule has 1 N–H and O–H groups in total. The zero-order valence-corrected chi connectivity index (χ0v) is 20.4. The first-order valence-corrected chi connectivity index (χ1v) is 11.5. The Morgan fingerprint density at radius 3 is 2.42 bits per heavy atom. The Labute approximate surface area is 217 Å². The van der Waals surface area contributed by atoms with Gasteiger partial charge < -0.3 is 9.47 Å². The highest BCUT2D eigenvalue weighted by Gasteiger charge is 2.37. The van der Waals surface area contributed by atoms with Crippen molar-refractivity contribution in [3.8, 4) is 11.5 Å². The predicted molar refractivity (Wildman–Crippen MR) is 138 cm³/mol. The number of carbonyl (C=O) groups excluding carboxylic acids is 3. The molecule has 1 saturated heterocycles. The lowest BCUT2D eigenvalue weighted by Gasteiger charge is -2.26. The average Bonchev–Trinajstić information content (AvgIpc) is 2.86. The van der Waals surface area contributed by atoms with Gasteiger partial charge in [0.05, 0.1) is 5.69 Å². The van der Waals surface area contributed by atoms with E-state index in [9.17, 15) is 14.4 Å². The Hall–Kier alpha value is -4.07. The van der Waals surface area contributed by atoms with Crippen molar-refractivity contribution >= 4 is 52.8 Å². The maximum Gasteiger partial charge on any atom is 0.335 e. The summed E-state index contributed by atoms with van der Waals surface area (Å²) in [7, 11) is 0. The summed E-state index contributed by atoms with van der Waals surface area (Å²) in [5.74, 6) is -0.701. The maximum atomic E-state index is 13.2. The lowest BCUT2D eigenvalue weighted by atomic mass is 10.1. The highest BCUT2D eigenvalue weighted by molar-refractivity contribution is 6.39. The SMILES string of the molecule is C=CCOc1ccc(Cl)cc1/C=C1\C(=O)NC(=O)N(c2ccc(OCc3ccccc3Cl)cc2)C1=O. The Kier molecular flexibility index (Phi) is 7.73. The van der Waals surface area contributed by atoms with E-state index in [2.05, 4.69) is 11.9 Å². The van der Waals surface area contributed by atoms with Crippen molar-refractivity contribution in [1.82, 2.24) is 5.32 Å². The Bertz CT molecular complexity index is 1370. The third-order valence-electron chi connectivity index (χ3n) is 5.18. The molecule has 9 heteroatoms. The van der Waals surface area contributed by atoms with Gasteiger partial charge in [0.25, 0.3) is 11.8 Å². The number of amides is 4. The minimum absolute atomic E-state index is 0.216. The van der Waals surface area contributed by atoms with E-state index in [0.717, 1.165) is 10.5 Å². The molecule has 0 radical (unpaired) electrons. The standard InChI is InChI=1S/C27H20Cl2N2O5/c1-2-13-35-24-12-7-19(28)14-18(24)15-22-25(32)30-27(34)31(26(22)33)20-8-10-21(11-9-20)36-16-17-5-3-4-6-23(17)29/h2-12,14-15H,1,13,16H2,(H,30,32,34)/b22-15+. The van der Waals surface area contributed by atoms with Crippen LogP contribution in [0, 0.1) is 0 Å². The number of rotatable bonds is 8. The second-order valence-electron chi connectivity index (χ2n) is 7.61. The Balaban J connectivity index is 1.57. The fourth-order valence-electron chi connectivity index (χ4n) is 3.43. The van der Waals surface area contributed by atoms with Gasteiger partial charge in [0, 0.05) is 21.2 Å². The molecule has 1 heterocycles. The number of hydrogen-bond acceptors (Lipinski definition) is 5. The number of imide groups is 2. The number of benzene rings is 3. The number of anilines is 1. The molecule has 4 rings (SSSR count). The number of urea groups is 1. The summed E-state index contributed by atoms with van der Waals surface area (Å²) in [6.45, 7) is 4.07. The van der Waals surface area contributed by atoms with E-state index in [1.165, 1.54) is 6.08 Å². The highest BCUT2D eigenvalue weighted by Crippen LogP contribution is 2.29. The zero-order valence-electron chi connectivity index (χ0n) is 18.9. The molecule has 36 heavy (non-hydrogen) atoms. The first-order valence-electron chi connectivity index (χ1n) is 10.8. The first kappa shape index (κ1) is 25.0. The Morgan fingerprint density at radius 2 is 1.69 bits per heavy atom. The number of carbonyl (C=O) groups is 3. The van der Waals surface area contributed by atoms with Crippen LogP contribution < -0.4 is 19.7 Å². The molecule has 0 unspecified atom stereocenters. The van der Waals surface area contributed by atoms with E-state index >= 15 is 0 Å². The van der Waals surface area contributed by atoms with Crippen LogP contribution in [-0.2, 0) is 16.2 Å². The number of nitrogens with zero attached hydrogens (tertiary/aromatic N) is 1. The number of halogens is 2. The van der Waals surface area contributed by atoms with E-state index < -0.39 is 17.8 Å². The number of nitrogens with one attached hydrogen (secondary N) is 1. The van der Waals surface area contributed by atoms with Crippen molar-refractivity contribution in [2.75, 3.05) is 11.5 Å². The van der Waals surface area contributed by atoms with E-state index in [1.54, 1.807) is 54.6 Å². The van der Waals surface area contributed by atoms with Crippen LogP contribution in [0.4, 0.5) is 10.5 Å². The van der Waals surface area contributed by atoms with Crippen molar-refractivity contribution < 1.29 is 23.9 Å². The van der Waals surface area contributed by atoms with Gasteiger partial charge >= 0.3 is 6.03 Å². The smallest absolute Gasteiger partial charge is 0.335 e. The largest absolute Gasteiger partial charge is 0.489 e. The van der Waals surface area contributed by atoms with Gasteiger partial charge in [-0.25, -0.2) is 9.69 Å². The molecule has 3 aromatic rings. The summed E-state index contributed by atoms with van der Waals surface area (Å²) in [5.41, 5.74) is 1.23. The van der Waals surface area contributed by atoms with Crippen LogP contribution >= 0.6 is 23.2 Å². The summed E-state index contributed by atoms with van der Waals surface area (Å²) in [6, 6.07) is 17.6. The molecule has 0 bridgehead atoms. The van der Waals surface area contributed by atoms with E-state index in [4.69, 9.17) is 32.7 Å². The molecule has 0 spiro atoms. The van der Waals surface area contributed by atoms with E-state index in [1.807, 2.05) is 18.2 Å². The van der Waals surface area contributed by atoms with Crippen molar-refractivity contribution in [2.45, 2.75) is 6.61 Å². The van der Waals surface area contributed by atoms with E-state index in [0.29, 0.717) is 27.1 Å². The molecule has 7 nitrogen and oxygen atoms in total. The summed E-state index contributed by atoms with van der Waals surface area (Å²) in [4.78, 5) is 39.2. The van der Waals surface area contributed by atoms with Gasteiger partial charge in [-0.1, -0.05) is 54.1 Å². The lowest BCUT2D eigenvalue weighted by Crippen LogP contribution is -2.54. The fourth-order valence-corrected chi connectivity index (χ4v) is 3.80. The number of hydrogen-bond donors (Lipinski definition) is 1. The van der Waals surface area contributed by atoms with Gasteiger partial charge in [0.2, 0.25) is 0 Å². The number of barbiturate groups is 1. The fraction of sp³-hybridized carbons (Fsp3) is 0.0741. The second kappa shape index (κ2) is 11.1. The van der Waals surface area contributed by atoms with Crippen LogP contribution in [0.15, 0.2) is 85.0 Å². The topological polar surface area (TPSA) is 84.9 Å². The molecule has 0 aliphatic carbocycles. The van der Waals surface area contributed by atoms with Crippen molar-refractivity contribution in [2.24, 2.45) is 0 Å². The minimum atomic E-state index is -0.860. The summed E-state index contributed by atoms with van der Waals surface area (Å²) in [6.07, 6.45) is 2.90. The van der Waals surface area contributed by atoms with Crippen LogP contribution in [0.3, 0.4) is 0 Å². The van der Waals surface area contributed by atoms with E-state index in [-0.39, 0.29) is 24.5 Å². The van der Waals surface area contributed by atoms with Gasteiger partial charge in [0.1, 0.15) is 30.3 Å². The minimum Gasteiger partial charge on any atom is -0.489 e. The Morgan fingerprint density at radius 1 is 0.944 bits per heavy atom. The molecule has 1 aliphatic rings. The maximum absolute atomic E-state index is 13.2. The third kappa shape index (κ3) is 5.59. The van der Waals surface area contributed by atoms with Gasteiger partial charge in [-0.15, -0.1) is 0 Å². The molecule has 0 saturated carbocycles. The molecular weight excluding hydrogens is 503 g/mol.